The Kier molecular flexibility index (Phi) is 23.3. The average Bonchev–Trinajstić information content (AvgIpc) is 3.21. The number of Topliss-reactive ketones (excluding diaryl/α,β-unsaturated/α-hetero) is 1. The van der Waals surface area contributed by atoms with Gasteiger partial charge in [0.2, 0.25) is 17.7 Å². The van der Waals surface area contributed by atoms with Gasteiger partial charge >= 0.3 is 12.2 Å². The van der Waals surface area contributed by atoms with Crippen LogP contribution in [0.25, 0.3) is 0 Å². The normalized spacial score (nSPS) is 21.3. The van der Waals surface area contributed by atoms with Crippen molar-refractivity contribution in [3.8, 4) is 0 Å². The second kappa shape index (κ2) is 26.4. The van der Waals surface area contributed by atoms with Crippen LogP contribution in [0.3, 0.4) is 0 Å². The fourth-order valence-corrected chi connectivity index (χ4v) is 7.96. The van der Waals surface area contributed by atoms with E-state index in [0.29, 0.717) is 32.0 Å². The Morgan fingerprint density at radius 2 is 0.787 bits per heavy atom. The summed E-state index contributed by atoms with van der Waals surface area (Å²) in [6.45, 7) is 32.0. The lowest BCUT2D eigenvalue weighted by atomic mass is 10.0. The van der Waals surface area contributed by atoms with E-state index in [0.717, 1.165) is 124 Å². The van der Waals surface area contributed by atoms with Crippen molar-refractivity contribution in [1.29, 1.82) is 0 Å². The monoisotopic (exact) mass is 886 g/mol. The minimum absolute atomic E-state index is 0. The smallest absolute Gasteiger partial charge is 0.410 e. The van der Waals surface area contributed by atoms with Crippen LogP contribution in [0.15, 0.2) is 0 Å². The minimum Gasteiger partial charge on any atom is -0.444 e. The van der Waals surface area contributed by atoms with Crippen molar-refractivity contribution in [2.75, 3.05) is 118 Å². The predicted octanol–water partition coefficient (Wildman–Crippen LogP) is 2.90. The Morgan fingerprint density at radius 3 is 1.13 bits per heavy atom. The van der Waals surface area contributed by atoms with E-state index in [1.165, 1.54) is 12.8 Å². The largest absolute Gasteiger partial charge is 0.444 e. The molecular formula is C43H80ClN9O8. The molecule has 5 amide bonds. The van der Waals surface area contributed by atoms with E-state index in [4.69, 9.17) is 9.47 Å². The maximum Gasteiger partial charge on any atom is 0.410 e. The summed E-state index contributed by atoms with van der Waals surface area (Å²) < 4.78 is 10.6. The Labute approximate surface area is 372 Å². The number of hydrogen-bond acceptors (Lipinski definition) is 12. The maximum absolute atomic E-state index is 12.1. The quantitative estimate of drug-likeness (QED) is 0.417. The number of carbonyl (C=O) groups is 6. The lowest BCUT2D eigenvalue weighted by Gasteiger charge is -2.42. The van der Waals surface area contributed by atoms with Gasteiger partial charge in [0.15, 0.2) is 0 Å². The van der Waals surface area contributed by atoms with Gasteiger partial charge in [-0.25, -0.2) is 9.59 Å². The summed E-state index contributed by atoms with van der Waals surface area (Å²) in [7, 11) is 0. The van der Waals surface area contributed by atoms with Crippen molar-refractivity contribution in [2.24, 2.45) is 0 Å². The van der Waals surface area contributed by atoms with Crippen molar-refractivity contribution in [3.05, 3.63) is 0 Å². The first-order valence-corrected chi connectivity index (χ1v) is 22.4. The van der Waals surface area contributed by atoms with E-state index < -0.39 is 11.2 Å². The molecule has 0 saturated carbocycles. The maximum atomic E-state index is 12.1. The van der Waals surface area contributed by atoms with Crippen molar-refractivity contribution >= 4 is 48.1 Å². The Bertz CT molecular complexity index is 1360. The Morgan fingerprint density at radius 1 is 0.459 bits per heavy atom. The van der Waals surface area contributed by atoms with Crippen molar-refractivity contribution in [1.82, 2.24) is 44.9 Å². The van der Waals surface area contributed by atoms with Gasteiger partial charge in [0.1, 0.15) is 17.0 Å². The highest BCUT2D eigenvalue weighted by Gasteiger charge is 2.32. The molecular weight excluding hydrogens is 806 g/mol. The highest BCUT2D eigenvalue weighted by atomic mass is 35.5. The van der Waals surface area contributed by atoms with Crippen LogP contribution in [0, 0.1) is 0 Å². The molecule has 0 bridgehead atoms. The minimum atomic E-state index is -0.460. The van der Waals surface area contributed by atoms with Crippen molar-refractivity contribution in [2.45, 2.75) is 124 Å². The molecule has 0 radical (unpaired) electrons. The zero-order valence-corrected chi connectivity index (χ0v) is 39.7. The number of likely N-dealkylation sites (tertiary alicyclic amines) is 2. The lowest BCUT2D eigenvalue weighted by Crippen LogP contribution is -2.54. The van der Waals surface area contributed by atoms with Gasteiger partial charge in [0, 0.05) is 150 Å². The average molecular weight is 887 g/mol. The second-order valence-electron chi connectivity index (χ2n) is 18.5. The van der Waals surface area contributed by atoms with Crippen LogP contribution in [0.4, 0.5) is 9.59 Å². The summed E-state index contributed by atoms with van der Waals surface area (Å²) in [6.07, 6.45) is 4.90. The van der Waals surface area contributed by atoms with Gasteiger partial charge in [-0.1, -0.05) is 0 Å². The van der Waals surface area contributed by atoms with Crippen LogP contribution in [0.2, 0.25) is 0 Å². The molecule has 61 heavy (non-hydrogen) atoms. The molecule has 6 saturated heterocycles. The van der Waals surface area contributed by atoms with Crippen LogP contribution in [-0.4, -0.2) is 211 Å². The van der Waals surface area contributed by atoms with E-state index in [-0.39, 0.29) is 48.1 Å². The first kappa shape index (κ1) is 53.9. The number of piperazine rings is 3. The zero-order chi connectivity index (χ0) is 44.5. The van der Waals surface area contributed by atoms with Crippen molar-refractivity contribution < 1.29 is 38.2 Å². The number of piperidine rings is 3. The molecule has 6 fully saturated rings. The fourth-order valence-electron chi connectivity index (χ4n) is 7.96. The van der Waals surface area contributed by atoms with Crippen LogP contribution in [0.5, 0.6) is 0 Å². The Balaban J connectivity index is 0.000000291. The number of amides is 5. The number of ketones is 1. The van der Waals surface area contributed by atoms with E-state index >= 15 is 0 Å². The summed E-state index contributed by atoms with van der Waals surface area (Å²) in [6, 6.07) is 1.27. The molecule has 0 spiro atoms. The van der Waals surface area contributed by atoms with Gasteiger partial charge in [-0.05, 0) is 80.3 Å². The number of halogens is 1. The van der Waals surface area contributed by atoms with Gasteiger partial charge in [0.05, 0.1) is 0 Å². The number of hydrogen-bond donors (Lipinski definition) is 2. The summed E-state index contributed by atoms with van der Waals surface area (Å²) in [4.78, 5) is 81.9. The number of carbonyl (C=O) groups excluding carboxylic acids is 6. The number of ether oxygens (including phenoxy) is 2. The molecule has 0 aromatic rings. The molecule has 2 N–H and O–H groups in total. The molecule has 17 nitrogen and oxygen atoms in total. The van der Waals surface area contributed by atoms with Gasteiger partial charge in [-0.2, -0.15) is 0 Å². The van der Waals surface area contributed by atoms with Crippen molar-refractivity contribution in [3.63, 3.8) is 0 Å². The molecule has 0 aliphatic carbocycles. The first-order valence-electron chi connectivity index (χ1n) is 22.4. The molecule has 6 aliphatic heterocycles. The highest BCUT2D eigenvalue weighted by Crippen LogP contribution is 2.21. The standard InChI is InChI=1S/C16H29N3O3.C11H21N3O.C10H17NO3.C6H12N2O.ClH/c1-13(20)17-9-11-18(12-10-17)14-5-7-19(8-6-14)15(21)22-16(2,3)4;1-10(15)13-6-8-14(9-7-13)11-2-4-12-5-3-11;1-10(2,3)14-9(13)11-6-4-8(12)5-7-11;1-6(9)8-4-2-7-3-5-8;/h14H,5-12H2,1-4H3;11-12H,2-9H2,1H3;4-7H2,1-3H3;7H,2-5H2,1H3;1H. The molecule has 6 rings (SSSR count). The molecule has 6 aliphatic rings. The highest BCUT2D eigenvalue weighted by molar-refractivity contribution is 5.85. The second-order valence-corrected chi connectivity index (χ2v) is 18.5. The molecule has 0 unspecified atom stereocenters. The molecule has 6 heterocycles. The van der Waals surface area contributed by atoms with Crippen LogP contribution < -0.4 is 10.6 Å². The van der Waals surface area contributed by atoms with Crippen LogP contribution in [-0.2, 0) is 28.7 Å². The molecule has 0 atom stereocenters. The number of rotatable bonds is 2. The zero-order valence-electron chi connectivity index (χ0n) is 38.9. The lowest BCUT2D eigenvalue weighted by molar-refractivity contribution is -0.131. The molecule has 352 valence electrons. The summed E-state index contributed by atoms with van der Waals surface area (Å²) in [5, 5.41) is 6.57. The van der Waals surface area contributed by atoms with Gasteiger partial charge in [-0.3, -0.25) is 29.0 Å². The molecule has 0 aromatic carbocycles. The summed E-state index contributed by atoms with van der Waals surface area (Å²) >= 11 is 0. The predicted molar refractivity (Wildman–Crippen MR) is 239 cm³/mol. The SMILES string of the molecule is CC(=O)N1CCN(C2CCN(C(=O)OC(C)(C)C)CC2)CC1.CC(=O)N1CCN(C2CCNCC2)CC1.CC(=O)N1CCNCC1.CC(C)(C)OC(=O)N1CCC(=O)CC1.Cl. The topological polar surface area (TPSA) is 168 Å². The van der Waals surface area contributed by atoms with E-state index in [9.17, 15) is 28.8 Å². The van der Waals surface area contributed by atoms with E-state index in [1.54, 1.807) is 25.7 Å². The fraction of sp³-hybridized carbons (Fsp3) is 0.860. The van der Waals surface area contributed by atoms with Crippen LogP contribution in [0.1, 0.15) is 101 Å². The third-order valence-electron chi connectivity index (χ3n) is 11.5. The van der Waals surface area contributed by atoms with Gasteiger partial charge in [-0.15, -0.1) is 12.4 Å². The van der Waals surface area contributed by atoms with Crippen LogP contribution >= 0.6 is 12.4 Å². The van der Waals surface area contributed by atoms with Gasteiger partial charge < -0.3 is 44.6 Å². The Hall–Kier alpha value is -3.25. The third kappa shape index (κ3) is 20.7. The third-order valence-corrected chi connectivity index (χ3v) is 11.5. The summed E-state index contributed by atoms with van der Waals surface area (Å²) in [5.74, 6) is 0.806. The number of nitrogens with zero attached hydrogens (tertiary/aromatic N) is 7. The molecule has 0 aromatic heterocycles. The van der Waals surface area contributed by atoms with Gasteiger partial charge in [0.25, 0.3) is 0 Å². The molecule has 18 heteroatoms. The summed E-state index contributed by atoms with van der Waals surface area (Å²) in [5.41, 5.74) is -0.893. The first-order chi connectivity index (χ1) is 28.2. The van der Waals surface area contributed by atoms with E-state index in [2.05, 4.69) is 20.4 Å². The number of nitrogens with one attached hydrogen (secondary N) is 2. The van der Waals surface area contributed by atoms with E-state index in [1.807, 2.05) is 61.1 Å².